The summed E-state index contributed by atoms with van der Waals surface area (Å²) >= 11 is 9.36. The van der Waals surface area contributed by atoms with E-state index in [0.29, 0.717) is 32.2 Å². The number of benzene rings is 2. The number of carbonyl (C=O) groups excluding carboxylic acids is 2. The molecular formula is C17H10BrClN2O4. The minimum absolute atomic E-state index is 0.0135. The van der Waals surface area contributed by atoms with Crippen molar-refractivity contribution in [2.75, 3.05) is 11.8 Å². The number of fused-ring (bicyclic) bond motifs is 1. The van der Waals surface area contributed by atoms with Gasteiger partial charge in [-0.05, 0) is 42.0 Å². The number of halogens is 2. The molecule has 0 aromatic heterocycles. The molecule has 0 atom stereocenters. The minimum Gasteiger partial charge on any atom is -0.454 e. The van der Waals surface area contributed by atoms with E-state index in [-0.39, 0.29) is 12.4 Å². The topological polar surface area (TPSA) is 67.9 Å². The first-order valence-corrected chi connectivity index (χ1v) is 8.42. The van der Waals surface area contributed by atoms with Crippen molar-refractivity contribution in [3.05, 3.63) is 57.0 Å². The van der Waals surface area contributed by atoms with Crippen LogP contribution in [0.1, 0.15) is 5.56 Å². The largest absolute Gasteiger partial charge is 0.454 e. The zero-order chi connectivity index (χ0) is 17.6. The van der Waals surface area contributed by atoms with Gasteiger partial charge < -0.3 is 9.47 Å². The summed E-state index contributed by atoms with van der Waals surface area (Å²) in [5.41, 5.74) is 3.67. The molecular weight excluding hydrogens is 412 g/mol. The number of nitrogens with one attached hydrogen (secondary N) is 1. The van der Waals surface area contributed by atoms with Crippen LogP contribution in [0.2, 0.25) is 5.02 Å². The van der Waals surface area contributed by atoms with Crippen LogP contribution in [-0.4, -0.2) is 18.6 Å². The number of carbonyl (C=O) groups is 2. The maximum absolute atomic E-state index is 12.6. The highest BCUT2D eigenvalue weighted by Crippen LogP contribution is 2.38. The summed E-state index contributed by atoms with van der Waals surface area (Å²) in [7, 11) is 0. The summed E-state index contributed by atoms with van der Waals surface area (Å²) < 4.78 is 11.3. The molecule has 1 fully saturated rings. The Bertz CT molecular complexity index is 944. The van der Waals surface area contributed by atoms with Gasteiger partial charge in [0, 0.05) is 9.50 Å². The molecule has 2 aromatic carbocycles. The Labute approximate surface area is 156 Å². The van der Waals surface area contributed by atoms with Crippen molar-refractivity contribution in [3.63, 3.8) is 0 Å². The van der Waals surface area contributed by atoms with Crippen LogP contribution in [0.15, 0.2) is 46.4 Å². The molecule has 0 saturated carbocycles. The fourth-order valence-electron chi connectivity index (χ4n) is 2.55. The van der Waals surface area contributed by atoms with Gasteiger partial charge in [-0.25, -0.2) is 5.01 Å². The predicted octanol–water partition coefficient (Wildman–Crippen LogP) is 3.29. The van der Waals surface area contributed by atoms with Crippen LogP contribution < -0.4 is 19.9 Å². The average Bonchev–Trinajstić information content (AvgIpc) is 3.14. The summed E-state index contributed by atoms with van der Waals surface area (Å²) in [6.45, 7) is 0.143. The van der Waals surface area contributed by atoms with Crippen molar-refractivity contribution >= 4 is 51.1 Å². The van der Waals surface area contributed by atoms with Gasteiger partial charge in [0.1, 0.15) is 5.57 Å². The summed E-state index contributed by atoms with van der Waals surface area (Å²) in [6, 6.07) is 10.1. The summed E-state index contributed by atoms with van der Waals surface area (Å²) in [4.78, 5) is 24.9. The molecule has 4 rings (SSSR count). The van der Waals surface area contributed by atoms with Gasteiger partial charge in [0.25, 0.3) is 11.8 Å². The number of nitrogens with zero attached hydrogens (tertiary/aromatic N) is 1. The summed E-state index contributed by atoms with van der Waals surface area (Å²) in [5.74, 6) is 0.218. The normalized spacial score (nSPS) is 17.4. The van der Waals surface area contributed by atoms with Gasteiger partial charge in [0.15, 0.2) is 11.5 Å². The third kappa shape index (κ3) is 2.85. The maximum Gasteiger partial charge on any atom is 0.282 e. The molecule has 1 saturated heterocycles. The van der Waals surface area contributed by atoms with Gasteiger partial charge in [-0.3, -0.25) is 15.0 Å². The van der Waals surface area contributed by atoms with E-state index < -0.39 is 11.8 Å². The number of anilines is 1. The van der Waals surface area contributed by atoms with Gasteiger partial charge >= 0.3 is 0 Å². The molecule has 0 bridgehead atoms. The van der Waals surface area contributed by atoms with Gasteiger partial charge in [-0.1, -0.05) is 33.6 Å². The lowest BCUT2D eigenvalue weighted by Gasteiger charge is -2.14. The lowest BCUT2D eigenvalue weighted by Crippen LogP contribution is -2.35. The molecule has 2 heterocycles. The van der Waals surface area contributed by atoms with E-state index in [1.807, 2.05) is 0 Å². The van der Waals surface area contributed by atoms with E-state index in [4.69, 9.17) is 21.1 Å². The minimum atomic E-state index is -0.491. The van der Waals surface area contributed by atoms with Crippen LogP contribution >= 0.6 is 27.5 Å². The van der Waals surface area contributed by atoms with Crippen LogP contribution in [0, 0.1) is 0 Å². The highest BCUT2D eigenvalue weighted by Gasteiger charge is 2.34. The molecule has 126 valence electrons. The molecule has 2 aromatic rings. The van der Waals surface area contributed by atoms with Gasteiger partial charge in [-0.2, -0.15) is 0 Å². The Hall–Kier alpha value is -2.51. The third-order valence-electron chi connectivity index (χ3n) is 3.75. The first kappa shape index (κ1) is 16.0. The Kier molecular flexibility index (Phi) is 3.89. The third-order valence-corrected chi connectivity index (χ3v) is 4.67. The standard InChI is InChI=1S/C17H10BrClN2O4/c18-13-7-15-14(24-8-25-15)5-9(13)4-12-16(22)20-21(17(12)23)11-3-1-2-10(19)6-11/h1-7H,8H2,(H,20,22)/b12-4-. The zero-order valence-electron chi connectivity index (χ0n) is 12.6. The van der Waals surface area contributed by atoms with Gasteiger partial charge in [0.05, 0.1) is 5.69 Å². The number of rotatable bonds is 2. The molecule has 2 aliphatic rings. The van der Waals surface area contributed by atoms with E-state index in [2.05, 4.69) is 21.4 Å². The summed E-state index contributed by atoms with van der Waals surface area (Å²) in [5, 5.41) is 1.64. The fraction of sp³-hybridized carbons (Fsp3) is 0.0588. The second kappa shape index (κ2) is 6.09. The predicted molar refractivity (Wildman–Crippen MR) is 95.3 cm³/mol. The molecule has 1 N–H and O–H groups in total. The van der Waals surface area contributed by atoms with E-state index in [0.717, 1.165) is 0 Å². The Morgan fingerprint density at radius 1 is 1.16 bits per heavy atom. The average molecular weight is 422 g/mol. The first-order valence-electron chi connectivity index (χ1n) is 7.25. The smallest absolute Gasteiger partial charge is 0.282 e. The van der Waals surface area contributed by atoms with Crippen molar-refractivity contribution in [1.82, 2.24) is 5.43 Å². The van der Waals surface area contributed by atoms with E-state index in [9.17, 15) is 9.59 Å². The van der Waals surface area contributed by atoms with Crippen LogP contribution in [0.4, 0.5) is 5.69 Å². The van der Waals surface area contributed by atoms with Crippen molar-refractivity contribution in [1.29, 1.82) is 0 Å². The Morgan fingerprint density at radius 3 is 2.68 bits per heavy atom. The quantitative estimate of drug-likeness (QED) is 0.597. The zero-order valence-corrected chi connectivity index (χ0v) is 14.9. The van der Waals surface area contributed by atoms with Crippen LogP contribution in [0.5, 0.6) is 11.5 Å². The SMILES string of the molecule is O=C1NN(c2cccc(Cl)c2)C(=O)/C1=C\c1cc2c(cc1Br)OCO2. The lowest BCUT2D eigenvalue weighted by atomic mass is 10.1. The Morgan fingerprint density at radius 2 is 1.92 bits per heavy atom. The van der Waals surface area contributed by atoms with E-state index in [1.54, 1.807) is 36.4 Å². The van der Waals surface area contributed by atoms with E-state index >= 15 is 0 Å². The number of hydrogen-bond acceptors (Lipinski definition) is 4. The van der Waals surface area contributed by atoms with Crippen LogP contribution in [0.3, 0.4) is 0 Å². The second-order valence-corrected chi connectivity index (χ2v) is 6.64. The number of hydrazine groups is 1. The van der Waals surface area contributed by atoms with Crippen molar-refractivity contribution < 1.29 is 19.1 Å². The van der Waals surface area contributed by atoms with Gasteiger partial charge in [0.2, 0.25) is 6.79 Å². The fourth-order valence-corrected chi connectivity index (χ4v) is 3.17. The molecule has 2 amide bonds. The molecule has 25 heavy (non-hydrogen) atoms. The van der Waals surface area contributed by atoms with E-state index in [1.165, 1.54) is 11.1 Å². The Balaban J connectivity index is 1.70. The van der Waals surface area contributed by atoms with Crippen molar-refractivity contribution in [3.8, 4) is 11.5 Å². The van der Waals surface area contributed by atoms with Crippen LogP contribution in [-0.2, 0) is 9.59 Å². The molecule has 0 spiro atoms. The highest BCUT2D eigenvalue weighted by atomic mass is 79.9. The van der Waals surface area contributed by atoms with Gasteiger partial charge in [-0.15, -0.1) is 0 Å². The second-order valence-electron chi connectivity index (χ2n) is 5.35. The lowest BCUT2D eigenvalue weighted by molar-refractivity contribution is -0.117. The summed E-state index contributed by atoms with van der Waals surface area (Å²) in [6.07, 6.45) is 1.51. The maximum atomic E-state index is 12.6. The highest BCUT2D eigenvalue weighted by molar-refractivity contribution is 9.10. The van der Waals surface area contributed by atoms with Crippen molar-refractivity contribution in [2.45, 2.75) is 0 Å². The number of ether oxygens (including phenoxy) is 2. The van der Waals surface area contributed by atoms with Crippen LogP contribution in [0.25, 0.3) is 6.08 Å². The number of amides is 2. The van der Waals surface area contributed by atoms with Crippen molar-refractivity contribution in [2.24, 2.45) is 0 Å². The first-order chi connectivity index (χ1) is 12.0. The molecule has 0 radical (unpaired) electrons. The monoisotopic (exact) mass is 420 g/mol. The molecule has 8 heteroatoms. The molecule has 0 unspecified atom stereocenters. The molecule has 6 nitrogen and oxygen atoms in total. The number of hydrogen-bond donors (Lipinski definition) is 1. The molecule has 2 aliphatic heterocycles. The molecule has 0 aliphatic carbocycles.